The molecule has 0 aliphatic rings. The highest BCUT2D eigenvalue weighted by molar-refractivity contribution is 7.99. The fourth-order valence-electron chi connectivity index (χ4n) is 3.19. The largest absolute Gasteiger partial charge is 0.497 e. The summed E-state index contributed by atoms with van der Waals surface area (Å²) in [5, 5.41) is 14.8. The Morgan fingerprint density at radius 2 is 1.70 bits per heavy atom. The van der Waals surface area contributed by atoms with E-state index >= 15 is 0 Å². The molecular weight excluding hydrogens is 438 g/mol. The molecule has 1 atom stereocenters. The van der Waals surface area contributed by atoms with Gasteiger partial charge in [0.25, 0.3) is 5.91 Å². The van der Waals surface area contributed by atoms with E-state index in [2.05, 4.69) is 34.7 Å². The van der Waals surface area contributed by atoms with Gasteiger partial charge in [0, 0.05) is 18.3 Å². The average molecular weight is 468 g/mol. The number of nitrogens with one attached hydrogen (secondary N) is 2. The van der Waals surface area contributed by atoms with Crippen LogP contribution in [0.1, 0.15) is 54.5 Å². The first kappa shape index (κ1) is 24.3. The Morgan fingerprint density at radius 1 is 1.03 bits per heavy atom. The molecule has 0 spiro atoms. The van der Waals surface area contributed by atoms with Gasteiger partial charge in [-0.3, -0.25) is 9.59 Å². The van der Waals surface area contributed by atoms with Gasteiger partial charge in [0.15, 0.2) is 11.0 Å². The summed E-state index contributed by atoms with van der Waals surface area (Å²) in [6, 6.07) is 14.4. The van der Waals surface area contributed by atoms with Crippen molar-refractivity contribution < 1.29 is 14.3 Å². The second kappa shape index (κ2) is 11.0. The van der Waals surface area contributed by atoms with E-state index in [4.69, 9.17) is 4.74 Å². The van der Waals surface area contributed by atoms with Gasteiger partial charge in [-0.25, -0.2) is 0 Å². The van der Waals surface area contributed by atoms with Gasteiger partial charge in [-0.05, 0) is 54.8 Å². The first-order valence-corrected chi connectivity index (χ1v) is 11.6. The van der Waals surface area contributed by atoms with Gasteiger partial charge in [-0.1, -0.05) is 37.7 Å². The number of hydrogen-bond acceptors (Lipinski definition) is 6. The first-order chi connectivity index (χ1) is 15.8. The number of carbonyl (C=O) groups is 2. The Kier molecular flexibility index (Phi) is 8.11. The number of rotatable bonds is 9. The topological polar surface area (TPSA) is 98.1 Å². The van der Waals surface area contributed by atoms with E-state index in [9.17, 15) is 9.59 Å². The summed E-state index contributed by atoms with van der Waals surface area (Å²) in [7, 11) is 3.39. The van der Waals surface area contributed by atoms with E-state index in [-0.39, 0.29) is 23.6 Å². The molecule has 0 saturated carbocycles. The van der Waals surface area contributed by atoms with Gasteiger partial charge in [0.05, 0.1) is 18.9 Å². The second-order valence-corrected chi connectivity index (χ2v) is 8.88. The SMILES string of the molecule is COc1ccc(C(=O)NC(C)c2nnc(SCC(=O)Nc3ccc(C(C)C)cc3)n2C)cc1. The van der Waals surface area contributed by atoms with Gasteiger partial charge < -0.3 is 19.9 Å². The molecule has 33 heavy (non-hydrogen) atoms. The molecule has 2 N–H and O–H groups in total. The zero-order valence-corrected chi connectivity index (χ0v) is 20.3. The number of benzene rings is 2. The van der Waals surface area contributed by atoms with Crippen LogP contribution in [0.15, 0.2) is 53.7 Å². The molecule has 0 aliphatic carbocycles. The highest BCUT2D eigenvalue weighted by atomic mass is 32.2. The quantitative estimate of drug-likeness (QED) is 0.459. The van der Waals surface area contributed by atoms with Gasteiger partial charge in [0.1, 0.15) is 5.75 Å². The Bertz CT molecular complexity index is 1090. The maximum atomic E-state index is 12.5. The molecule has 0 fully saturated rings. The zero-order valence-electron chi connectivity index (χ0n) is 19.5. The molecule has 3 aromatic rings. The number of thioether (sulfide) groups is 1. The fourth-order valence-corrected chi connectivity index (χ4v) is 3.91. The minimum Gasteiger partial charge on any atom is -0.497 e. The molecule has 2 amide bonds. The van der Waals surface area contributed by atoms with Crippen molar-refractivity contribution in [1.82, 2.24) is 20.1 Å². The Balaban J connectivity index is 1.54. The summed E-state index contributed by atoms with van der Waals surface area (Å²) >= 11 is 1.29. The average Bonchev–Trinajstić information content (AvgIpc) is 3.18. The lowest BCUT2D eigenvalue weighted by Gasteiger charge is -2.14. The lowest BCUT2D eigenvalue weighted by Crippen LogP contribution is -2.28. The van der Waals surface area contributed by atoms with Crippen LogP contribution >= 0.6 is 11.8 Å². The highest BCUT2D eigenvalue weighted by Crippen LogP contribution is 2.21. The monoisotopic (exact) mass is 467 g/mol. The minimum absolute atomic E-state index is 0.122. The third-order valence-corrected chi connectivity index (χ3v) is 6.17. The van der Waals surface area contributed by atoms with Gasteiger partial charge in [-0.2, -0.15) is 0 Å². The molecule has 0 aliphatic heterocycles. The molecule has 1 unspecified atom stereocenters. The van der Waals surface area contributed by atoms with Gasteiger partial charge in [-0.15, -0.1) is 10.2 Å². The first-order valence-electron chi connectivity index (χ1n) is 10.6. The summed E-state index contributed by atoms with van der Waals surface area (Å²) in [4.78, 5) is 24.9. The van der Waals surface area contributed by atoms with Crippen LogP contribution in [0.5, 0.6) is 5.75 Å². The summed E-state index contributed by atoms with van der Waals surface area (Å²) in [5.41, 5.74) is 2.51. The molecule has 0 bridgehead atoms. The summed E-state index contributed by atoms with van der Waals surface area (Å²) in [6.45, 7) is 6.10. The van der Waals surface area contributed by atoms with Crippen LogP contribution in [0.4, 0.5) is 5.69 Å². The fraction of sp³-hybridized carbons (Fsp3) is 0.333. The predicted octanol–water partition coefficient (Wildman–Crippen LogP) is 4.17. The van der Waals surface area contributed by atoms with Crippen LogP contribution in [-0.2, 0) is 11.8 Å². The van der Waals surface area contributed by atoms with Crippen molar-refractivity contribution in [3.63, 3.8) is 0 Å². The van der Waals surface area contributed by atoms with Crippen LogP contribution in [0, 0.1) is 0 Å². The molecule has 1 heterocycles. The smallest absolute Gasteiger partial charge is 0.251 e. The van der Waals surface area contributed by atoms with Crippen molar-refractivity contribution in [2.24, 2.45) is 7.05 Å². The molecule has 8 nitrogen and oxygen atoms in total. The van der Waals surface area contributed by atoms with E-state index < -0.39 is 0 Å². The molecule has 9 heteroatoms. The predicted molar refractivity (Wildman–Crippen MR) is 130 cm³/mol. The summed E-state index contributed by atoms with van der Waals surface area (Å²) in [6.07, 6.45) is 0. The molecule has 0 saturated heterocycles. The minimum atomic E-state index is -0.361. The Hall–Kier alpha value is -3.33. The molecule has 174 valence electrons. The molecule has 0 radical (unpaired) electrons. The van der Waals surface area contributed by atoms with Crippen LogP contribution in [0.25, 0.3) is 0 Å². The van der Waals surface area contributed by atoms with Crippen LogP contribution in [0.2, 0.25) is 0 Å². The van der Waals surface area contributed by atoms with Crippen LogP contribution in [-0.4, -0.2) is 39.4 Å². The number of ether oxygens (including phenoxy) is 1. The van der Waals surface area contributed by atoms with E-state index in [1.807, 2.05) is 38.2 Å². The normalized spacial score (nSPS) is 11.8. The Labute approximate surface area is 198 Å². The molecule has 3 rings (SSSR count). The number of methoxy groups -OCH3 is 1. The molecule has 1 aromatic heterocycles. The molecule has 2 aromatic carbocycles. The van der Waals surface area contributed by atoms with Crippen molar-refractivity contribution in [3.05, 3.63) is 65.5 Å². The van der Waals surface area contributed by atoms with Crippen molar-refractivity contribution in [3.8, 4) is 5.75 Å². The second-order valence-electron chi connectivity index (χ2n) is 7.94. The van der Waals surface area contributed by atoms with E-state index in [1.165, 1.54) is 17.3 Å². The van der Waals surface area contributed by atoms with Crippen molar-refractivity contribution in [2.45, 2.75) is 37.9 Å². The number of anilines is 1. The zero-order chi connectivity index (χ0) is 24.0. The molecular formula is C24H29N5O3S. The van der Waals surface area contributed by atoms with Crippen LogP contribution in [0.3, 0.4) is 0 Å². The Morgan fingerprint density at radius 3 is 2.30 bits per heavy atom. The summed E-state index contributed by atoms with van der Waals surface area (Å²) < 4.78 is 6.91. The standard InChI is InChI=1S/C24H29N5O3S/c1-15(2)17-6-10-19(11-7-17)26-21(30)14-33-24-28-27-22(29(24)4)16(3)25-23(31)18-8-12-20(32-5)13-9-18/h6-13,15-16H,14H2,1-5H3,(H,25,31)(H,26,30). The van der Waals surface area contributed by atoms with Crippen LogP contribution < -0.4 is 15.4 Å². The van der Waals surface area contributed by atoms with E-state index in [1.54, 1.807) is 35.9 Å². The van der Waals surface area contributed by atoms with Gasteiger partial charge >= 0.3 is 0 Å². The lowest BCUT2D eigenvalue weighted by atomic mass is 10.0. The van der Waals surface area contributed by atoms with Gasteiger partial charge in [0.2, 0.25) is 5.91 Å². The number of amides is 2. The summed E-state index contributed by atoms with van der Waals surface area (Å²) in [5.74, 6) is 1.59. The number of hydrogen-bond donors (Lipinski definition) is 2. The van der Waals surface area contributed by atoms with Crippen molar-refractivity contribution in [1.29, 1.82) is 0 Å². The third kappa shape index (κ3) is 6.35. The van der Waals surface area contributed by atoms with E-state index in [0.717, 1.165) is 5.69 Å². The van der Waals surface area contributed by atoms with E-state index in [0.29, 0.717) is 28.2 Å². The number of aromatic nitrogens is 3. The highest BCUT2D eigenvalue weighted by Gasteiger charge is 2.19. The number of carbonyl (C=O) groups excluding carboxylic acids is 2. The maximum absolute atomic E-state index is 12.5. The maximum Gasteiger partial charge on any atom is 0.251 e. The number of nitrogens with zero attached hydrogens (tertiary/aromatic N) is 3. The third-order valence-electron chi connectivity index (χ3n) is 5.15. The van der Waals surface area contributed by atoms with Crippen molar-refractivity contribution in [2.75, 3.05) is 18.2 Å². The van der Waals surface area contributed by atoms with Crippen molar-refractivity contribution >= 4 is 29.3 Å². The lowest BCUT2D eigenvalue weighted by molar-refractivity contribution is -0.113.